The molecule has 5 rings (SSSR count). The van der Waals surface area contributed by atoms with E-state index in [0.717, 1.165) is 22.8 Å². The van der Waals surface area contributed by atoms with Crippen molar-refractivity contribution in [3.8, 4) is 5.75 Å². The van der Waals surface area contributed by atoms with Gasteiger partial charge in [0.1, 0.15) is 22.9 Å². The predicted molar refractivity (Wildman–Crippen MR) is 115 cm³/mol. The van der Waals surface area contributed by atoms with Crippen LogP contribution in [0.15, 0.2) is 53.9 Å². The summed E-state index contributed by atoms with van der Waals surface area (Å²) in [7, 11) is 3.13. The summed E-state index contributed by atoms with van der Waals surface area (Å²) in [6.07, 6.45) is 4.54. The van der Waals surface area contributed by atoms with Crippen molar-refractivity contribution in [3.05, 3.63) is 82.8 Å². The number of aromatic nitrogens is 3. The van der Waals surface area contributed by atoms with Gasteiger partial charge in [0, 0.05) is 36.1 Å². The summed E-state index contributed by atoms with van der Waals surface area (Å²) in [5.41, 5.74) is 3.25. The Hall–Kier alpha value is -4.14. The number of rotatable bonds is 4. The Morgan fingerprint density at radius 1 is 1.16 bits per heavy atom. The molecule has 0 spiro atoms. The van der Waals surface area contributed by atoms with E-state index in [2.05, 4.69) is 20.4 Å². The zero-order valence-corrected chi connectivity index (χ0v) is 17.2. The van der Waals surface area contributed by atoms with E-state index in [1.807, 2.05) is 12.1 Å². The van der Waals surface area contributed by atoms with Crippen LogP contribution in [0.1, 0.15) is 27.0 Å². The molecule has 7 nitrogen and oxygen atoms in total. The van der Waals surface area contributed by atoms with Gasteiger partial charge in [-0.3, -0.25) is 19.5 Å². The first-order valence-corrected chi connectivity index (χ1v) is 9.74. The van der Waals surface area contributed by atoms with Crippen LogP contribution in [0.3, 0.4) is 0 Å². The lowest BCUT2D eigenvalue weighted by molar-refractivity contribution is 0.101. The largest absolute Gasteiger partial charge is 0.495 e. The van der Waals surface area contributed by atoms with E-state index < -0.39 is 23.1 Å². The summed E-state index contributed by atoms with van der Waals surface area (Å²) >= 11 is 0. The molecule has 3 heterocycles. The van der Waals surface area contributed by atoms with Gasteiger partial charge in [-0.25, -0.2) is 8.78 Å². The first-order valence-electron chi connectivity index (χ1n) is 9.74. The Morgan fingerprint density at radius 3 is 2.81 bits per heavy atom. The summed E-state index contributed by atoms with van der Waals surface area (Å²) in [5.74, 6) is -2.19. The van der Waals surface area contributed by atoms with Crippen molar-refractivity contribution in [1.82, 2.24) is 14.8 Å². The van der Waals surface area contributed by atoms with Crippen LogP contribution in [0, 0.1) is 11.6 Å². The lowest BCUT2D eigenvalue weighted by atomic mass is 10.0. The summed E-state index contributed by atoms with van der Waals surface area (Å²) < 4.78 is 36.0. The first kappa shape index (κ1) is 19.8. The number of anilines is 1. The van der Waals surface area contributed by atoms with Gasteiger partial charge in [-0.05, 0) is 23.8 Å². The van der Waals surface area contributed by atoms with Gasteiger partial charge < -0.3 is 10.1 Å². The van der Waals surface area contributed by atoms with Crippen LogP contribution in [-0.4, -0.2) is 33.5 Å². The van der Waals surface area contributed by atoms with Crippen molar-refractivity contribution >= 4 is 28.2 Å². The van der Waals surface area contributed by atoms with Crippen LogP contribution in [0.4, 0.5) is 14.5 Å². The van der Waals surface area contributed by atoms with Crippen LogP contribution in [0.25, 0.3) is 10.9 Å². The smallest absolute Gasteiger partial charge is 0.261 e. The molecule has 2 aromatic carbocycles. The average molecular weight is 433 g/mol. The lowest BCUT2D eigenvalue weighted by Gasteiger charge is -2.11. The number of carbonyl (C=O) groups is 1. The molecule has 0 atom stereocenters. The Balaban J connectivity index is 1.47. The third kappa shape index (κ3) is 3.18. The molecule has 1 aliphatic heterocycles. The van der Waals surface area contributed by atoms with Crippen LogP contribution in [0.5, 0.6) is 5.75 Å². The van der Waals surface area contributed by atoms with E-state index >= 15 is 0 Å². The summed E-state index contributed by atoms with van der Waals surface area (Å²) in [6.45, 7) is 0.483. The fourth-order valence-corrected chi connectivity index (χ4v) is 3.79. The highest BCUT2D eigenvalue weighted by atomic mass is 19.1. The van der Waals surface area contributed by atoms with E-state index in [1.165, 1.54) is 10.9 Å². The second-order valence-corrected chi connectivity index (χ2v) is 7.35. The molecule has 0 saturated carbocycles. The summed E-state index contributed by atoms with van der Waals surface area (Å²) in [5, 5.41) is 6.59. The van der Waals surface area contributed by atoms with E-state index in [0.29, 0.717) is 23.7 Å². The Labute approximate surface area is 181 Å². The van der Waals surface area contributed by atoms with Crippen molar-refractivity contribution < 1.29 is 18.3 Å². The highest BCUT2D eigenvalue weighted by Crippen LogP contribution is 2.28. The molecular weight excluding hydrogens is 416 g/mol. The molecule has 1 aliphatic rings. The molecule has 0 unspecified atom stereocenters. The number of nitrogens with zero attached hydrogens (tertiary/aromatic N) is 4. The number of methoxy groups -OCH3 is 1. The van der Waals surface area contributed by atoms with E-state index in [9.17, 15) is 13.6 Å². The van der Waals surface area contributed by atoms with E-state index in [4.69, 9.17) is 4.74 Å². The maximum atomic E-state index is 14.9. The Morgan fingerprint density at radius 2 is 2.00 bits per heavy atom. The fourth-order valence-electron chi connectivity index (χ4n) is 3.79. The van der Waals surface area contributed by atoms with Crippen LogP contribution in [-0.2, 0) is 13.6 Å². The van der Waals surface area contributed by atoms with Gasteiger partial charge in [-0.1, -0.05) is 6.07 Å². The van der Waals surface area contributed by atoms with E-state index in [1.54, 1.807) is 38.7 Å². The second kappa shape index (κ2) is 7.52. The monoisotopic (exact) mass is 433 g/mol. The SMILES string of the molecule is COc1cncc(C2=NCc3ccc(NC(=O)c4c(F)cc5c(cnn5C)c4F)cc32)c1. The molecule has 2 aromatic heterocycles. The van der Waals surface area contributed by atoms with Gasteiger partial charge in [0.25, 0.3) is 5.91 Å². The molecule has 1 N–H and O–H groups in total. The van der Waals surface area contributed by atoms with E-state index in [-0.39, 0.29) is 10.9 Å². The molecule has 0 saturated heterocycles. The van der Waals surface area contributed by atoms with Crippen molar-refractivity contribution in [2.24, 2.45) is 12.0 Å². The number of pyridine rings is 1. The second-order valence-electron chi connectivity index (χ2n) is 7.35. The van der Waals surface area contributed by atoms with Crippen molar-refractivity contribution in [2.45, 2.75) is 6.54 Å². The number of carbonyl (C=O) groups excluding carboxylic acids is 1. The number of amides is 1. The summed E-state index contributed by atoms with van der Waals surface area (Å²) in [4.78, 5) is 21.5. The van der Waals surface area contributed by atoms with Gasteiger partial charge >= 0.3 is 0 Å². The molecular formula is C23H17F2N5O2. The number of aliphatic imine (C=N–C) groups is 1. The molecule has 9 heteroatoms. The zero-order chi connectivity index (χ0) is 22.4. The third-order valence-electron chi connectivity index (χ3n) is 5.42. The molecule has 160 valence electrons. The molecule has 0 bridgehead atoms. The number of nitrogens with one attached hydrogen (secondary N) is 1. The van der Waals surface area contributed by atoms with Crippen molar-refractivity contribution in [3.63, 3.8) is 0 Å². The number of ether oxygens (including phenoxy) is 1. The minimum atomic E-state index is -0.957. The fraction of sp³-hybridized carbons (Fsp3) is 0.130. The van der Waals surface area contributed by atoms with Gasteiger partial charge in [0.15, 0.2) is 0 Å². The molecule has 32 heavy (non-hydrogen) atoms. The maximum absolute atomic E-state index is 14.9. The summed E-state index contributed by atoms with van der Waals surface area (Å²) in [6, 6.07) is 8.16. The minimum Gasteiger partial charge on any atom is -0.495 e. The standard InChI is InChI=1S/C23H17F2N5O2/c1-30-19-7-18(24)20(21(25)17(19)11-28-30)23(31)29-14-4-3-12-9-27-22(16(12)6-14)13-5-15(32-2)10-26-8-13/h3-8,10-11H,9H2,1-2H3,(H,29,31). The van der Waals surface area contributed by atoms with Gasteiger partial charge in [0.2, 0.25) is 0 Å². The molecule has 0 radical (unpaired) electrons. The first-order chi connectivity index (χ1) is 15.5. The van der Waals surface area contributed by atoms with Crippen LogP contribution < -0.4 is 10.1 Å². The van der Waals surface area contributed by atoms with Crippen molar-refractivity contribution in [2.75, 3.05) is 12.4 Å². The van der Waals surface area contributed by atoms with Crippen molar-refractivity contribution in [1.29, 1.82) is 0 Å². The van der Waals surface area contributed by atoms with Crippen LogP contribution >= 0.6 is 0 Å². The molecule has 0 aliphatic carbocycles. The maximum Gasteiger partial charge on any atom is 0.261 e. The molecule has 4 aromatic rings. The number of benzene rings is 2. The van der Waals surface area contributed by atoms with Gasteiger partial charge in [-0.15, -0.1) is 0 Å². The number of hydrogen-bond donors (Lipinski definition) is 1. The number of hydrogen-bond acceptors (Lipinski definition) is 5. The molecule has 0 fully saturated rings. The number of halogens is 2. The Kier molecular flexibility index (Phi) is 4.66. The average Bonchev–Trinajstić information content (AvgIpc) is 3.37. The Bertz CT molecular complexity index is 1430. The molecule has 1 amide bonds. The number of aryl methyl sites for hydroxylation is 1. The van der Waals surface area contributed by atoms with Crippen LogP contribution in [0.2, 0.25) is 0 Å². The minimum absolute atomic E-state index is 0.0768. The lowest BCUT2D eigenvalue weighted by Crippen LogP contribution is -2.16. The quantitative estimate of drug-likeness (QED) is 0.530. The highest BCUT2D eigenvalue weighted by molar-refractivity contribution is 6.16. The highest BCUT2D eigenvalue weighted by Gasteiger charge is 2.24. The van der Waals surface area contributed by atoms with Gasteiger partial charge in [0.05, 0.1) is 42.7 Å². The predicted octanol–water partition coefficient (Wildman–Crippen LogP) is 3.86. The normalized spacial score (nSPS) is 12.6. The zero-order valence-electron chi connectivity index (χ0n) is 17.2. The third-order valence-corrected chi connectivity index (χ3v) is 5.42. The topological polar surface area (TPSA) is 81.4 Å². The van der Waals surface area contributed by atoms with Gasteiger partial charge in [-0.2, -0.15) is 5.10 Å². The number of fused-ring (bicyclic) bond motifs is 2.